The molecule has 1 spiro atoms. The number of methoxy groups -OCH3 is 1. The van der Waals surface area contributed by atoms with Crippen molar-refractivity contribution in [3.05, 3.63) is 54.6 Å². The van der Waals surface area contributed by atoms with Crippen LogP contribution in [0.1, 0.15) is 40.0 Å². The first-order chi connectivity index (χ1) is 18.7. The van der Waals surface area contributed by atoms with Crippen LogP contribution in [0.15, 0.2) is 54.6 Å². The van der Waals surface area contributed by atoms with Gasteiger partial charge in [0.1, 0.15) is 17.4 Å². The molecular formula is C30H37N3O6. The summed E-state index contributed by atoms with van der Waals surface area (Å²) in [4.78, 5) is 43.6. The number of likely N-dealkylation sites (tertiary alicyclic amines) is 1. The van der Waals surface area contributed by atoms with E-state index in [1.54, 1.807) is 43.5 Å². The molecule has 3 saturated heterocycles. The first-order valence-corrected chi connectivity index (χ1v) is 13.6. The summed E-state index contributed by atoms with van der Waals surface area (Å²) in [6, 6.07) is 14.5. The molecule has 208 valence electrons. The molecule has 3 heterocycles. The third kappa shape index (κ3) is 4.37. The van der Waals surface area contributed by atoms with Crippen molar-refractivity contribution in [2.45, 2.75) is 63.3 Å². The van der Waals surface area contributed by atoms with Gasteiger partial charge in [0, 0.05) is 11.4 Å². The van der Waals surface area contributed by atoms with Gasteiger partial charge in [-0.15, -0.1) is 0 Å². The molecule has 9 nitrogen and oxygen atoms in total. The predicted octanol–water partition coefficient (Wildman–Crippen LogP) is 3.44. The normalized spacial score (nSPS) is 30.5. The summed E-state index contributed by atoms with van der Waals surface area (Å²) >= 11 is 0. The van der Waals surface area contributed by atoms with Crippen LogP contribution in [0.2, 0.25) is 0 Å². The van der Waals surface area contributed by atoms with Crippen molar-refractivity contribution >= 4 is 29.1 Å². The average molecular weight is 536 g/mol. The van der Waals surface area contributed by atoms with E-state index in [1.807, 2.05) is 39.0 Å². The van der Waals surface area contributed by atoms with Crippen LogP contribution in [0, 0.1) is 17.8 Å². The van der Waals surface area contributed by atoms with Gasteiger partial charge in [-0.2, -0.15) is 0 Å². The fourth-order valence-electron chi connectivity index (χ4n) is 6.86. The number of nitrogens with one attached hydrogen (secondary N) is 2. The minimum Gasteiger partial charge on any atom is -0.497 e. The summed E-state index contributed by atoms with van der Waals surface area (Å²) in [5.74, 6) is -2.06. The molecule has 3 N–H and O–H groups in total. The van der Waals surface area contributed by atoms with Gasteiger partial charge in [0.05, 0.1) is 37.2 Å². The topological polar surface area (TPSA) is 117 Å². The summed E-state index contributed by atoms with van der Waals surface area (Å²) in [5, 5.41) is 16.4. The minimum absolute atomic E-state index is 0.0742. The standard InChI is InChI=1S/C30H37N3O6/c1-5-18(2)22(17-34)33-25(27(36)32-20-11-13-21(38-4)14-12-20)30-16-15-29(3,39-30)23(24(30)28(33)37)26(35)31-19-9-7-6-8-10-19/h6-14,18,22-25,34H,5,15-17H2,1-4H3,(H,31,35)(H,32,36)/t18-,22-,23+,24-,25?,29-,30?/m0/s1. The molecule has 0 radical (unpaired) electrons. The lowest BCUT2D eigenvalue weighted by molar-refractivity contribution is -0.148. The van der Waals surface area contributed by atoms with Gasteiger partial charge in [0.15, 0.2) is 0 Å². The highest BCUT2D eigenvalue weighted by Crippen LogP contribution is 2.63. The second-order valence-electron chi connectivity index (χ2n) is 11.2. The molecule has 0 aromatic heterocycles. The Morgan fingerprint density at radius 2 is 1.72 bits per heavy atom. The summed E-state index contributed by atoms with van der Waals surface area (Å²) in [6.45, 7) is 5.51. The van der Waals surface area contributed by atoms with E-state index in [-0.39, 0.29) is 24.3 Å². The zero-order valence-corrected chi connectivity index (χ0v) is 22.8. The lowest BCUT2D eigenvalue weighted by Gasteiger charge is -2.39. The van der Waals surface area contributed by atoms with Crippen LogP contribution in [0.25, 0.3) is 0 Å². The van der Waals surface area contributed by atoms with Gasteiger partial charge >= 0.3 is 0 Å². The Hall–Kier alpha value is -3.43. The van der Waals surface area contributed by atoms with Crippen LogP contribution in [-0.4, -0.2) is 64.7 Å². The van der Waals surface area contributed by atoms with Crippen molar-refractivity contribution in [2.24, 2.45) is 17.8 Å². The quantitative estimate of drug-likeness (QED) is 0.453. The third-order valence-electron chi connectivity index (χ3n) is 8.99. The maximum atomic E-state index is 14.3. The zero-order valence-electron chi connectivity index (χ0n) is 22.8. The molecule has 3 amide bonds. The largest absolute Gasteiger partial charge is 0.497 e. The molecule has 39 heavy (non-hydrogen) atoms. The van der Waals surface area contributed by atoms with Gasteiger partial charge in [-0.1, -0.05) is 38.5 Å². The maximum Gasteiger partial charge on any atom is 0.250 e. The second kappa shape index (κ2) is 10.3. The number of benzene rings is 2. The first-order valence-electron chi connectivity index (χ1n) is 13.6. The number of ether oxygens (including phenoxy) is 2. The third-order valence-corrected chi connectivity index (χ3v) is 8.99. The van der Waals surface area contributed by atoms with Crippen LogP contribution >= 0.6 is 0 Å². The molecular weight excluding hydrogens is 498 g/mol. The number of aliphatic hydroxyl groups excluding tert-OH is 1. The number of hydrogen-bond acceptors (Lipinski definition) is 6. The van der Waals surface area contributed by atoms with Gasteiger partial charge in [-0.25, -0.2) is 0 Å². The minimum atomic E-state index is -1.18. The Morgan fingerprint density at radius 3 is 2.33 bits per heavy atom. The molecule has 9 heteroatoms. The summed E-state index contributed by atoms with van der Waals surface area (Å²) in [5.41, 5.74) is -0.891. The van der Waals surface area contributed by atoms with E-state index in [1.165, 1.54) is 4.90 Å². The highest BCUT2D eigenvalue weighted by Gasteiger charge is 2.78. The number of fused-ring (bicyclic) bond motifs is 1. The molecule has 5 rings (SSSR count). The Kier molecular flexibility index (Phi) is 7.15. The smallest absolute Gasteiger partial charge is 0.250 e. The van der Waals surface area contributed by atoms with Crippen molar-refractivity contribution < 1.29 is 29.0 Å². The van der Waals surface area contributed by atoms with Crippen molar-refractivity contribution in [3.8, 4) is 5.75 Å². The molecule has 0 saturated carbocycles. The summed E-state index contributed by atoms with van der Waals surface area (Å²) in [7, 11) is 1.57. The van der Waals surface area contributed by atoms with E-state index in [0.29, 0.717) is 36.4 Å². The molecule has 3 fully saturated rings. The Morgan fingerprint density at radius 1 is 1.08 bits per heavy atom. The van der Waals surface area contributed by atoms with Crippen LogP contribution < -0.4 is 15.4 Å². The highest BCUT2D eigenvalue weighted by atomic mass is 16.5. The predicted molar refractivity (Wildman–Crippen MR) is 146 cm³/mol. The summed E-state index contributed by atoms with van der Waals surface area (Å²) < 4.78 is 11.9. The van der Waals surface area contributed by atoms with Crippen molar-refractivity contribution in [1.29, 1.82) is 0 Å². The van der Waals surface area contributed by atoms with E-state index in [0.717, 1.165) is 0 Å². The Balaban J connectivity index is 1.54. The fraction of sp³-hybridized carbons (Fsp3) is 0.500. The van der Waals surface area contributed by atoms with E-state index in [9.17, 15) is 19.5 Å². The number of nitrogens with zero attached hydrogens (tertiary/aromatic N) is 1. The van der Waals surface area contributed by atoms with E-state index < -0.39 is 41.0 Å². The molecule has 2 aromatic carbocycles. The Labute approximate surface area is 228 Å². The zero-order chi connectivity index (χ0) is 27.9. The lowest BCUT2D eigenvalue weighted by atomic mass is 9.66. The van der Waals surface area contributed by atoms with Crippen molar-refractivity contribution in [2.75, 3.05) is 24.4 Å². The molecule has 2 unspecified atom stereocenters. The molecule has 2 aromatic rings. The van der Waals surface area contributed by atoms with Gasteiger partial charge in [0.2, 0.25) is 17.7 Å². The van der Waals surface area contributed by atoms with E-state index in [2.05, 4.69) is 10.6 Å². The number of anilines is 2. The number of aliphatic hydroxyl groups is 1. The molecule has 3 aliphatic heterocycles. The molecule has 0 aliphatic carbocycles. The molecule has 2 bridgehead atoms. The van der Waals surface area contributed by atoms with Crippen LogP contribution in [0.4, 0.5) is 11.4 Å². The number of carbonyl (C=O) groups excluding carboxylic acids is 3. The van der Waals surface area contributed by atoms with Gasteiger partial charge in [-0.05, 0) is 62.1 Å². The van der Waals surface area contributed by atoms with Gasteiger partial charge < -0.3 is 30.1 Å². The van der Waals surface area contributed by atoms with Crippen LogP contribution in [-0.2, 0) is 19.1 Å². The number of carbonyl (C=O) groups is 3. The van der Waals surface area contributed by atoms with Gasteiger partial charge in [-0.3, -0.25) is 14.4 Å². The number of para-hydroxylation sites is 1. The van der Waals surface area contributed by atoms with Crippen molar-refractivity contribution in [1.82, 2.24) is 4.90 Å². The first kappa shape index (κ1) is 27.1. The van der Waals surface area contributed by atoms with Crippen molar-refractivity contribution in [3.63, 3.8) is 0 Å². The average Bonchev–Trinajstić information content (AvgIpc) is 3.50. The molecule has 3 aliphatic rings. The highest BCUT2D eigenvalue weighted by molar-refractivity contribution is 6.05. The fourth-order valence-corrected chi connectivity index (χ4v) is 6.86. The number of rotatable bonds is 9. The number of hydrogen-bond donors (Lipinski definition) is 3. The van der Waals surface area contributed by atoms with Crippen LogP contribution in [0.3, 0.4) is 0 Å². The Bertz CT molecular complexity index is 1240. The van der Waals surface area contributed by atoms with E-state index >= 15 is 0 Å². The second-order valence-corrected chi connectivity index (χ2v) is 11.2. The maximum absolute atomic E-state index is 14.3. The van der Waals surface area contributed by atoms with Gasteiger partial charge in [0.25, 0.3) is 0 Å². The summed E-state index contributed by atoms with van der Waals surface area (Å²) in [6.07, 6.45) is 1.71. The van der Waals surface area contributed by atoms with Crippen LogP contribution in [0.5, 0.6) is 5.75 Å². The number of amides is 3. The lowest BCUT2D eigenvalue weighted by Crippen LogP contribution is -2.57. The SMILES string of the molecule is CC[C@H](C)[C@H](CO)N1C(=O)[C@@H]2[C@H](C(=O)Nc3ccccc3)[C@]3(C)CCC2(O3)C1C(=O)Nc1ccc(OC)cc1. The monoisotopic (exact) mass is 535 g/mol. The van der Waals surface area contributed by atoms with E-state index in [4.69, 9.17) is 9.47 Å². The molecule has 7 atom stereocenters.